The lowest BCUT2D eigenvalue weighted by atomic mass is 9.99. The molecule has 84 valence electrons. The first-order valence-corrected chi connectivity index (χ1v) is 5.46. The van der Waals surface area contributed by atoms with Crippen LogP contribution < -0.4 is 5.73 Å². The molecule has 0 saturated heterocycles. The van der Waals surface area contributed by atoms with Crippen LogP contribution >= 0.6 is 11.6 Å². The first-order valence-electron chi connectivity index (χ1n) is 5.09. The van der Waals surface area contributed by atoms with E-state index in [4.69, 9.17) is 22.1 Å². The number of hydrogen-bond acceptors (Lipinski definition) is 3. The van der Waals surface area contributed by atoms with Gasteiger partial charge in [-0.2, -0.15) is 0 Å². The largest absolute Gasteiger partial charge is 0.501 e. The maximum atomic E-state index is 12.0. The highest BCUT2D eigenvalue weighted by Gasteiger charge is 2.15. The highest BCUT2D eigenvalue weighted by atomic mass is 35.5. The Balaban J connectivity index is 2.26. The van der Waals surface area contributed by atoms with Crippen LogP contribution in [0.2, 0.25) is 5.02 Å². The normalized spacial score (nSPS) is 15.2. The van der Waals surface area contributed by atoms with Crippen LogP contribution in [0.3, 0.4) is 0 Å². The summed E-state index contributed by atoms with van der Waals surface area (Å²) in [6.07, 6.45) is 3.17. The molecule has 3 nitrogen and oxygen atoms in total. The van der Waals surface area contributed by atoms with E-state index in [1.54, 1.807) is 18.2 Å². The highest BCUT2D eigenvalue weighted by Crippen LogP contribution is 2.23. The van der Waals surface area contributed by atoms with Crippen LogP contribution in [0, 0.1) is 0 Å². The smallest absolute Gasteiger partial charge is 0.192 e. The number of nitrogens with two attached hydrogens (primary N) is 1. The number of allylic oxidation sites excluding steroid dienone is 1. The topological polar surface area (TPSA) is 52.3 Å². The summed E-state index contributed by atoms with van der Waals surface area (Å²) in [7, 11) is 0. The fourth-order valence-electron chi connectivity index (χ4n) is 1.60. The van der Waals surface area contributed by atoms with Crippen LogP contribution in [-0.2, 0) is 4.74 Å². The summed E-state index contributed by atoms with van der Waals surface area (Å²) in [5.41, 5.74) is 7.32. The molecule has 1 aromatic rings. The molecule has 0 saturated carbocycles. The number of anilines is 1. The molecular weight excluding hydrogens is 226 g/mol. The summed E-state index contributed by atoms with van der Waals surface area (Å²) in [6, 6.07) is 4.91. The van der Waals surface area contributed by atoms with E-state index in [0.29, 0.717) is 28.5 Å². The monoisotopic (exact) mass is 237 g/mol. The second-order valence-corrected chi connectivity index (χ2v) is 4.09. The summed E-state index contributed by atoms with van der Waals surface area (Å²) >= 11 is 5.80. The molecule has 1 aliphatic heterocycles. The average Bonchev–Trinajstić information content (AvgIpc) is 2.33. The molecule has 1 aliphatic rings. The zero-order valence-electron chi connectivity index (χ0n) is 8.70. The number of nitrogen functional groups attached to an aromatic ring is 1. The third-order valence-electron chi connectivity index (χ3n) is 2.48. The van der Waals surface area contributed by atoms with Gasteiger partial charge < -0.3 is 10.5 Å². The van der Waals surface area contributed by atoms with E-state index in [9.17, 15) is 4.79 Å². The molecule has 4 heteroatoms. The predicted octanol–water partition coefficient (Wildman–Crippen LogP) is 2.80. The van der Waals surface area contributed by atoms with Gasteiger partial charge in [-0.15, -0.1) is 0 Å². The van der Waals surface area contributed by atoms with Crippen LogP contribution in [0.1, 0.15) is 23.2 Å². The van der Waals surface area contributed by atoms with Gasteiger partial charge in [-0.3, -0.25) is 4.79 Å². The standard InChI is InChI=1S/C12H12ClNO2/c13-10-4-3-8(6-11(10)14)12(15)9-2-1-5-16-7-9/h3-4,6-7H,1-2,5,14H2. The van der Waals surface area contributed by atoms with Gasteiger partial charge in [0.05, 0.1) is 23.6 Å². The number of rotatable bonds is 2. The number of carbonyl (C=O) groups excluding carboxylic acids is 1. The maximum Gasteiger partial charge on any atom is 0.192 e. The fourth-order valence-corrected chi connectivity index (χ4v) is 1.72. The first-order chi connectivity index (χ1) is 7.68. The second-order valence-electron chi connectivity index (χ2n) is 3.68. The van der Waals surface area contributed by atoms with Crippen molar-refractivity contribution < 1.29 is 9.53 Å². The lowest BCUT2D eigenvalue weighted by molar-refractivity contribution is 0.101. The van der Waals surface area contributed by atoms with Crippen molar-refractivity contribution in [2.45, 2.75) is 12.8 Å². The zero-order chi connectivity index (χ0) is 11.5. The van der Waals surface area contributed by atoms with Crippen molar-refractivity contribution in [3.05, 3.63) is 40.6 Å². The van der Waals surface area contributed by atoms with Gasteiger partial charge in [0.15, 0.2) is 5.78 Å². The Labute approximate surface area is 98.8 Å². The van der Waals surface area contributed by atoms with Gasteiger partial charge in [0.25, 0.3) is 0 Å². The molecule has 0 radical (unpaired) electrons. The van der Waals surface area contributed by atoms with Gasteiger partial charge in [-0.25, -0.2) is 0 Å². The van der Waals surface area contributed by atoms with Crippen molar-refractivity contribution in [2.24, 2.45) is 0 Å². The van der Waals surface area contributed by atoms with Crippen molar-refractivity contribution in [2.75, 3.05) is 12.3 Å². The predicted molar refractivity (Wildman–Crippen MR) is 63.5 cm³/mol. The SMILES string of the molecule is Nc1cc(C(=O)C2=COCCC2)ccc1Cl. The Morgan fingerprint density at radius 1 is 1.44 bits per heavy atom. The van der Waals surface area contributed by atoms with E-state index in [1.807, 2.05) is 0 Å². The number of halogens is 1. The van der Waals surface area contributed by atoms with Gasteiger partial charge >= 0.3 is 0 Å². The van der Waals surface area contributed by atoms with Gasteiger partial charge in [-0.1, -0.05) is 11.6 Å². The molecule has 1 heterocycles. The molecule has 0 fully saturated rings. The minimum atomic E-state index is -0.0388. The van der Waals surface area contributed by atoms with E-state index >= 15 is 0 Å². The molecule has 0 aromatic heterocycles. The number of hydrogen-bond donors (Lipinski definition) is 1. The van der Waals surface area contributed by atoms with E-state index in [-0.39, 0.29) is 5.78 Å². The third-order valence-corrected chi connectivity index (χ3v) is 2.83. The van der Waals surface area contributed by atoms with Crippen molar-refractivity contribution in [1.29, 1.82) is 0 Å². The Bertz CT molecular complexity index is 454. The number of carbonyl (C=O) groups is 1. The van der Waals surface area contributed by atoms with Crippen molar-refractivity contribution in [3.63, 3.8) is 0 Å². The lowest BCUT2D eigenvalue weighted by Crippen LogP contribution is -2.09. The number of ketones is 1. The van der Waals surface area contributed by atoms with Crippen molar-refractivity contribution >= 4 is 23.1 Å². The third kappa shape index (κ3) is 2.19. The van der Waals surface area contributed by atoms with Crippen LogP contribution in [0.4, 0.5) is 5.69 Å². The molecule has 0 spiro atoms. The Morgan fingerprint density at radius 2 is 2.25 bits per heavy atom. The maximum absolute atomic E-state index is 12.0. The zero-order valence-corrected chi connectivity index (χ0v) is 9.46. The summed E-state index contributed by atoms with van der Waals surface area (Å²) in [5.74, 6) is -0.0388. The Morgan fingerprint density at radius 3 is 2.88 bits per heavy atom. The molecule has 0 aliphatic carbocycles. The van der Waals surface area contributed by atoms with E-state index in [1.165, 1.54) is 6.26 Å². The lowest BCUT2D eigenvalue weighted by Gasteiger charge is -2.12. The Kier molecular flexibility index (Phi) is 3.15. The minimum Gasteiger partial charge on any atom is -0.501 e. The molecule has 1 aromatic carbocycles. The van der Waals surface area contributed by atoms with Gasteiger partial charge in [0.2, 0.25) is 0 Å². The molecule has 2 rings (SSSR count). The molecule has 0 amide bonds. The molecule has 0 unspecified atom stereocenters. The molecule has 16 heavy (non-hydrogen) atoms. The van der Waals surface area contributed by atoms with E-state index in [0.717, 1.165) is 12.8 Å². The Hall–Kier alpha value is -1.48. The second kappa shape index (κ2) is 4.58. The quantitative estimate of drug-likeness (QED) is 0.636. The van der Waals surface area contributed by atoms with Gasteiger partial charge in [0, 0.05) is 11.1 Å². The summed E-state index contributed by atoms with van der Waals surface area (Å²) in [6.45, 7) is 0.680. The van der Waals surface area contributed by atoms with Crippen molar-refractivity contribution in [3.8, 4) is 0 Å². The number of Topliss-reactive ketones (excluding diaryl/α,β-unsaturated/α-hetero) is 1. The molecule has 0 bridgehead atoms. The molecule has 2 N–H and O–H groups in total. The van der Waals surface area contributed by atoms with Crippen LogP contribution in [0.15, 0.2) is 30.0 Å². The average molecular weight is 238 g/mol. The minimum absolute atomic E-state index is 0.0388. The first kappa shape index (κ1) is 11.0. The van der Waals surface area contributed by atoms with E-state index < -0.39 is 0 Å². The van der Waals surface area contributed by atoms with Gasteiger partial charge in [0.1, 0.15) is 0 Å². The highest BCUT2D eigenvalue weighted by molar-refractivity contribution is 6.33. The number of benzene rings is 1. The summed E-state index contributed by atoms with van der Waals surface area (Å²) < 4.78 is 5.14. The molecular formula is C12H12ClNO2. The number of ether oxygens (including phenoxy) is 1. The van der Waals surface area contributed by atoms with Gasteiger partial charge in [-0.05, 0) is 31.0 Å². The van der Waals surface area contributed by atoms with Crippen LogP contribution in [0.25, 0.3) is 0 Å². The summed E-state index contributed by atoms with van der Waals surface area (Å²) in [4.78, 5) is 12.0. The van der Waals surface area contributed by atoms with Crippen LogP contribution in [0.5, 0.6) is 0 Å². The molecule has 0 atom stereocenters. The van der Waals surface area contributed by atoms with Crippen molar-refractivity contribution in [1.82, 2.24) is 0 Å². The van der Waals surface area contributed by atoms with E-state index in [2.05, 4.69) is 0 Å². The van der Waals surface area contributed by atoms with Crippen LogP contribution in [-0.4, -0.2) is 12.4 Å². The summed E-state index contributed by atoms with van der Waals surface area (Å²) in [5, 5.41) is 0.463. The fraction of sp³-hybridized carbons (Fsp3) is 0.250.